The van der Waals surface area contributed by atoms with Gasteiger partial charge in [0.25, 0.3) is 5.56 Å². The maximum absolute atomic E-state index is 14.0. The monoisotopic (exact) mass is 864 g/mol. The van der Waals surface area contributed by atoms with Gasteiger partial charge in [-0.25, -0.2) is 9.79 Å². The smallest absolute Gasteiger partial charge is 0.338 e. The Kier molecular flexibility index (Phi) is 10.7. The zero-order valence-electron chi connectivity index (χ0n) is 22.8. The van der Waals surface area contributed by atoms with Gasteiger partial charge in [0.1, 0.15) is 12.4 Å². The SMILES string of the molecule is C=CCOc1c(I)cc(/C=c2/sc3n(c2=O)[C@@H](c2cc(OC)c(OCC)cc2Br)C(C(=O)OCC)=C(C)N=3)cc1I. The molecule has 0 fully saturated rings. The van der Waals surface area contributed by atoms with Crippen molar-refractivity contribution in [3.63, 3.8) is 0 Å². The van der Waals surface area contributed by atoms with Crippen LogP contribution in [0.1, 0.15) is 37.9 Å². The van der Waals surface area contributed by atoms with E-state index < -0.39 is 12.0 Å². The topological polar surface area (TPSA) is 88.3 Å². The number of allylic oxidation sites excluding steroid dienone is 1. The van der Waals surface area contributed by atoms with Crippen molar-refractivity contribution >= 4 is 84.5 Å². The number of nitrogens with zero attached hydrogens (tertiary/aromatic N) is 2. The van der Waals surface area contributed by atoms with E-state index in [9.17, 15) is 9.59 Å². The lowest BCUT2D eigenvalue weighted by molar-refractivity contribution is -0.139. The van der Waals surface area contributed by atoms with Crippen molar-refractivity contribution in [3.05, 3.63) is 90.6 Å². The average molecular weight is 865 g/mol. The second kappa shape index (κ2) is 13.9. The number of aromatic nitrogens is 1. The van der Waals surface area contributed by atoms with Gasteiger partial charge >= 0.3 is 5.97 Å². The van der Waals surface area contributed by atoms with Crippen molar-refractivity contribution in [2.45, 2.75) is 26.8 Å². The van der Waals surface area contributed by atoms with Crippen molar-refractivity contribution in [2.75, 3.05) is 26.9 Å². The number of methoxy groups -OCH3 is 1. The van der Waals surface area contributed by atoms with Crippen LogP contribution in [0.5, 0.6) is 17.2 Å². The Hall–Kier alpha value is -2.17. The fourth-order valence-electron chi connectivity index (χ4n) is 4.37. The predicted octanol–water partition coefficient (Wildman–Crippen LogP) is 5.74. The zero-order chi connectivity index (χ0) is 29.8. The number of rotatable bonds is 10. The van der Waals surface area contributed by atoms with Crippen LogP contribution in [0.4, 0.5) is 0 Å². The van der Waals surface area contributed by atoms with Crippen LogP contribution in [-0.4, -0.2) is 37.5 Å². The minimum absolute atomic E-state index is 0.185. The van der Waals surface area contributed by atoms with Gasteiger partial charge in [-0.1, -0.05) is 39.9 Å². The van der Waals surface area contributed by atoms with E-state index in [2.05, 4.69) is 72.7 Å². The molecule has 1 aliphatic heterocycles. The Balaban J connectivity index is 1.95. The van der Waals surface area contributed by atoms with Crippen LogP contribution in [0.25, 0.3) is 6.08 Å². The van der Waals surface area contributed by atoms with Gasteiger partial charge in [-0.3, -0.25) is 9.36 Å². The normalized spacial score (nSPS) is 14.8. The minimum atomic E-state index is -0.804. The zero-order valence-corrected chi connectivity index (χ0v) is 29.5. The molecule has 4 rings (SSSR count). The molecule has 1 aromatic heterocycles. The number of ether oxygens (including phenoxy) is 4. The molecule has 0 saturated carbocycles. The van der Waals surface area contributed by atoms with Crippen molar-refractivity contribution in [2.24, 2.45) is 4.99 Å². The van der Waals surface area contributed by atoms with E-state index in [1.54, 1.807) is 43.7 Å². The first-order valence-electron chi connectivity index (χ1n) is 12.6. The molecule has 1 aliphatic rings. The molecule has 1 atom stereocenters. The van der Waals surface area contributed by atoms with Gasteiger partial charge < -0.3 is 18.9 Å². The molecule has 0 bridgehead atoms. The van der Waals surface area contributed by atoms with Gasteiger partial charge in [0, 0.05) is 4.47 Å². The maximum atomic E-state index is 14.0. The average Bonchev–Trinajstić information content (AvgIpc) is 3.22. The number of benzene rings is 2. The van der Waals surface area contributed by atoms with E-state index >= 15 is 0 Å². The molecule has 0 aliphatic carbocycles. The summed E-state index contributed by atoms with van der Waals surface area (Å²) in [5.74, 6) is 1.26. The molecule has 2 heterocycles. The third kappa shape index (κ3) is 6.59. The van der Waals surface area contributed by atoms with Gasteiger partial charge in [0.05, 0.1) is 49.3 Å². The summed E-state index contributed by atoms with van der Waals surface area (Å²) in [4.78, 5) is 32.5. The summed E-state index contributed by atoms with van der Waals surface area (Å²) in [5, 5.41) is 0. The summed E-state index contributed by atoms with van der Waals surface area (Å²) in [5.41, 5.74) is 1.98. The molecule has 2 aromatic carbocycles. The molecule has 8 nitrogen and oxygen atoms in total. The summed E-state index contributed by atoms with van der Waals surface area (Å²) in [6, 6.07) is 6.67. The fraction of sp³-hybridized carbons (Fsp3) is 0.276. The lowest BCUT2D eigenvalue weighted by Crippen LogP contribution is -2.40. The molecule has 12 heteroatoms. The number of thiazole rings is 1. The Morgan fingerprint density at radius 3 is 2.46 bits per heavy atom. The Bertz CT molecular complexity index is 1710. The Morgan fingerprint density at radius 2 is 1.85 bits per heavy atom. The third-order valence-corrected chi connectivity index (χ3v) is 9.33. The van der Waals surface area contributed by atoms with Crippen LogP contribution in [0.3, 0.4) is 0 Å². The van der Waals surface area contributed by atoms with Crippen LogP contribution in [0.2, 0.25) is 0 Å². The quantitative estimate of drug-likeness (QED) is 0.147. The molecule has 0 amide bonds. The van der Waals surface area contributed by atoms with Crippen molar-refractivity contribution in [1.82, 2.24) is 4.57 Å². The second-order valence-electron chi connectivity index (χ2n) is 8.67. The van der Waals surface area contributed by atoms with Crippen LogP contribution in [0.15, 0.2) is 62.5 Å². The van der Waals surface area contributed by atoms with Gasteiger partial charge in [0.2, 0.25) is 0 Å². The van der Waals surface area contributed by atoms with E-state index in [0.29, 0.717) is 49.8 Å². The highest BCUT2D eigenvalue weighted by molar-refractivity contribution is 14.1. The Labute approximate surface area is 277 Å². The summed E-state index contributed by atoms with van der Waals surface area (Å²) in [6.45, 7) is 10.1. The van der Waals surface area contributed by atoms with E-state index in [1.807, 2.05) is 25.1 Å². The third-order valence-electron chi connectivity index (χ3n) is 6.06. The summed E-state index contributed by atoms with van der Waals surface area (Å²) in [6.07, 6.45) is 3.53. The largest absolute Gasteiger partial charge is 0.493 e. The molecule has 0 saturated heterocycles. The Morgan fingerprint density at radius 1 is 1.15 bits per heavy atom. The molecule has 0 spiro atoms. The lowest BCUT2D eigenvalue weighted by atomic mass is 9.95. The van der Waals surface area contributed by atoms with Crippen LogP contribution >= 0.6 is 72.4 Å². The van der Waals surface area contributed by atoms with E-state index in [-0.39, 0.29) is 17.7 Å². The first kappa shape index (κ1) is 31.8. The molecule has 3 aromatic rings. The molecule has 41 heavy (non-hydrogen) atoms. The predicted molar refractivity (Wildman–Crippen MR) is 180 cm³/mol. The highest BCUT2D eigenvalue weighted by Crippen LogP contribution is 2.41. The number of hydrogen-bond acceptors (Lipinski definition) is 8. The number of halogens is 3. The van der Waals surface area contributed by atoms with Crippen LogP contribution < -0.4 is 29.1 Å². The van der Waals surface area contributed by atoms with E-state index in [4.69, 9.17) is 18.9 Å². The highest BCUT2D eigenvalue weighted by Gasteiger charge is 2.35. The number of carbonyl (C=O) groups excluding carboxylic acids is 1. The van der Waals surface area contributed by atoms with Crippen molar-refractivity contribution in [3.8, 4) is 17.2 Å². The maximum Gasteiger partial charge on any atom is 0.338 e. The number of hydrogen-bond donors (Lipinski definition) is 0. The molecule has 216 valence electrons. The number of carbonyl (C=O) groups is 1. The van der Waals surface area contributed by atoms with E-state index in [1.165, 1.54) is 11.3 Å². The first-order chi connectivity index (χ1) is 19.6. The first-order valence-corrected chi connectivity index (χ1v) is 16.3. The second-order valence-corrected chi connectivity index (χ2v) is 12.9. The number of fused-ring (bicyclic) bond motifs is 1. The number of esters is 1. The van der Waals surface area contributed by atoms with Gasteiger partial charge in [0.15, 0.2) is 16.3 Å². The van der Waals surface area contributed by atoms with Crippen molar-refractivity contribution in [1.29, 1.82) is 0 Å². The molecule has 0 unspecified atom stereocenters. The summed E-state index contributed by atoms with van der Waals surface area (Å²) in [7, 11) is 1.55. The van der Waals surface area contributed by atoms with Crippen LogP contribution in [-0.2, 0) is 9.53 Å². The molecule has 0 N–H and O–H groups in total. The van der Waals surface area contributed by atoms with Gasteiger partial charge in [-0.05, 0) is 107 Å². The van der Waals surface area contributed by atoms with Crippen molar-refractivity contribution < 1.29 is 23.7 Å². The standard InChI is InChI=1S/C29H27BrI2N2O6S/c1-6-9-40-26-19(31)10-16(11-20(26)32)12-23-27(35)34-25(17-13-21(37-5)22(38-7-2)14-18(17)30)24(28(36)39-8-3)15(4)33-29(34)41-23/h6,10-14,25H,1,7-9H2,2-5H3/b23-12+/t25-/m0/s1. The van der Waals surface area contributed by atoms with Gasteiger partial charge in [-0.15, -0.1) is 0 Å². The summed E-state index contributed by atoms with van der Waals surface area (Å²) < 4.78 is 27.1. The molecule has 0 radical (unpaired) electrons. The molecular formula is C29H27BrI2N2O6S. The van der Waals surface area contributed by atoms with E-state index in [0.717, 1.165) is 18.5 Å². The molecular weight excluding hydrogens is 838 g/mol. The van der Waals surface area contributed by atoms with Crippen LogP contribution in [0, 0.1) is 7.14 Å². The minimum Gasteiger partial charge on any atom is -0.493 e. The highest BCUT2D eigenvalue weighted by atomic mass is 127. The lowest BCUT2D eigenvalue weighted by Gasteiger charge is -2.26. The fourth-order valence-corrected chi connectivity index (χ4v) is 8.08. The summed E-state index contributed by atoms with van der Waals surface area (Å²) >= 11 is 9.36. The van der Waals surface area contributed by atoms with Gasteiger partial charge in [-0.2, -0.15) is 0 Å².